The Hall–Kier alpha value is -8.86. The minimum absolute atomic E-state index is 0.0733. The molecular weight excluding hydrogens is 929 g/mol. The summed E-state index contributed by atoms with van der Waals surface area (Å²) >= 11 is 0. The summed E-state index contributed by atoms with van der Waals surface area (Å²) in [5, 5.41) is 85.9. The monoisotopic (exact) mass is 946 g/mol. The van der Waals surface area contributed by atoms with E-state index in [1.165, 1.54) is 13.2 Å². The first-order valence-corrected chi connectivity index (χ1v) is 28.1. The summed E-state index contributed by atoms with van der Waals surface area (Å²) in [4.78, 5) is 28.2. The maximum atomic E-state index is 15.8. The Morgan fingerprint density at radius 1 is 0.355 bits per heavy atom. The van der Waals surface area contributed by atoms with Crippen LogP contribution in [0.3, 0.4) is 0 Å². The smallest absolute Gasteiger partial charge is 0.330 e. The van der Waals surface area contributed by atoms with Crippen molar-refractivity contribution >= 4 is 303 Å². The van der Waals surface area contributed by atoms with Crippen molar-refractivity contribution in [1.29, 1.82) is 0 Å². The second-order valence-corrected chi connectivity index (χ2v) is 28.1. The van der Waals surface area contributed by atoms with E-state index in [0.717, 1.165) is 12.8 Å². The maximum Gasteiger partial charge on any atom is 0.330 e. The van der Waals surface area contributed by atoms with Crippen LogP contribution in [0.4, 0.5) is 0 Å². The first kappa shape index (κ1) is 30.5. The van der Waals surface area contributed by atoms with Crippen LogP contribution in [-0.4, -0.2) is 25.7 Å². The van der Waals surface area contributed by atoms with Gasteiger partial charge in [-0.2, -0.15) is 0 Å². The van der Waals surface area contributed by atoms with Gasteiger partial charge in [0.05, 0.1) is 19.6 Å². The predicted molar refractivity (Wildman–Crippen MR) is 312 cm³/mol. The summed E-state index contributed by atoms with van der Waals surface area (Å²) in [6.45, 7) is 4.31. The standard InChI is InChI=1S/C72H18O4/c1-70(2,5-4-10(73)75-3)8-76-69(74)9-6-71-65-57-49-39-29-21-13-11-12-15-19-17(13)25-33-27(19)37-31-23(15)24-16(12)20-18-14(11)22(21)30-36-26(18)34-28(20)38-32(24)42-41(31)51-45(37)55-47(33)53(43(49)35(25)29)61(65)63(55)67-59(51)60-52(42)46(38)56-48(34)54-44(36)50(40(30)39)58(57)66(71)62(54)64(56)68(60)72(67,71)7-9/h4-5,9H,6-8H2,1-3H3/b5-4+. The second-order valence-electron chi connectivity index (χ2n) is 28.1. The first-order valence-electron chi connectivity index (χ1n) is 28.1. The molecule has 2 spiro atoms. The largest absolute Gasteiger partial charge is 0.466 e. The lowest BCUT2D eigenvalue weighted by Crippen LogP contribution is -2.47. The molecule has 0 saturated heterocycles. The fourth-order valence-corrected chi connectivity index (χ4v) is 26.1. The van der Waals surface area contributed by atoms with Gasteiger partial charge in [0, 0.05) is 22.3 Å². The maximum absolute atomic E-state index is 15.8. The molecule has 0 heterocycles. The van der Waals surface area contributed by atoms with Crippen LogP contribution in [0.1, 0.15) is 48.9 Å². The topological polar surface area (TPSA) is 52.6 Å². The normalized spacial score (nSPS) is 22.9. The van der Waals surface area contributed by atoms with E-state index in [1.54, 1.807) is 313 Å². The van der Waals surface area contributed by atoms with Crippen molar-refractivity contribution in [2.24, 2.45) is 11.3 Å². The predicted octanol–water partition coefficient (Wildman–Crippen LogP) is 18.0. The zero-order valence-electron chi connectivity index (χ0n) is 40.0. The summed E-state index contributed by atoms with van der Waals surface area (Å²) in [5.74, 6) is -0.786. The number of carbonyl (C=O) groups excluding carboxylic acids is 2. The minimum atomic E-state index is -0.553. The number of carbonyl (C=O) groups is 2. The lowest BCUT2D eigenvalue weighted by Gasteiger charge is -2.50. The van der Waals surface area contributed by atoms with Crippen LogP contribution in [0.15, 0.2) is 12.2 Å². The molecule has 5 aliphatic carbocycles. The Morgan fingerprint density at radius 2 is 0.539 bits per heavy atom. The van der Waals surface area contributed by atoms with Crippen LogP contribution in [0, 0.1) is 11.3 Å². The average Bonchev–Trinajstić information content (AvgIpc) is 1.54. The molecule has 330 valence electrons. The molecule has 4 heteroatoms. The van der Waals surface area contributed by atoms with Crippen molar-refractivity contribution in [2.75, 3.05) is 13.7 Å². The van der Waals surface area contributed by atoms with E-state index >= 15 is 4.79 Å². The van der Waals surface area contributed by atoms with Gasteiger partial charge in [-0.1, -0.05) is 19.9 Å². The van der Waals surface area contributed by atoms with Crippen molar-refractivity contribution < 1.29 is 19.1 Å². The molecule has 0 atom stereocenters. The van der Waals surface area contributed by atoms with E-state index in [4.69, 9.17) is 9.47 Å². The molecule has 0 aliphatic heterocycles. The van der Waals surface area contributed by atoms with E-state index < -0.39 is 22.2 Å². The van der Waals surface area contributed by atoms with Gasteiger partial charge in [-0.25, -0.2) is 4.79 Å². The molecule has 28 aromatic rings. The highest BCUT2D eigenvalue weighted by Crippen LogP contribution is 2.87. The highest BCUT2D eigenvalue weighted by molar-refractivity contribution is 6.82. The summed E-state index contributed by atoms with van der Waals surface area (Å²) in [6, 6.07) is 0. The number of esters is 2. The van der Waals surface area contributed by atoms with Crippen LogP contribution in [-0.2, 0) is 29.9 Å². The molecule has 4 nitrogen and oxygen atoms in total. The quantitative estimate of drug-likeness (QED) is 0.0980. The van der Waals surface area contributed by atoms with E-state index in [1.807, 2.05) is 6.08 Å². The lowest BCUT2D eigenvalue weighted by atomic mass is 9.50. The van der Waals surface area contributed by atoms with Gasteiger partial charge in [-0.15, -0.1) is 0 Å². The van der Waals surface area contributed by atoms with Crippen molar-refractivity contribution in [3.05, 3.63) is 34.4 Å². The van der Waals surface area contributed by atoms with Gasteiger partial charge in [0.2, 0.25) is 0 Å². The summed E-state index contributed by atoms with van der Waals surface area (Å²) < 4.78 is 11.7. The van der Waals surface area contributed by atoms with Crippen LogP contribution < -0.4 is 0 Å². The lowest BCUT2D eigenvalue weighted by molar-refractivity contribution is -0.150. The molecule has 33 rings (SSSR count). The van der Waals surface area contributed by atoms with Crippen LogP contribution in [0.25, 0.3) is 291 Å². The van der Waals surface area contributed by atoms with Gasteiger partial charge in [0.1, 0.15) is 0 Å². The van der Waals surface area contributed by atoms with Gasteiger partial charge in [-0.05, 0) is 326 Å². The van der Waals surface area contributed by atoms with Crippen LogP contribution in [0.5, 0.6) is 0 Å². The Bertz CT molecular complexity index is 6910. The molecule has 5 aliphatic rings. The Morgan fingerprint density at radius 3 is 0.724 bits per heavy atom. The third kappa shape index (κ3) is 1.74. The molecule has 1 fully saturated rings. The van der Waals surface area contributed by atoms with E-state index in [0.29, 0.717) is 0 Å². The van der Waals surface area contributed by atoms with Gasteiger partial charge in [0.15, 0.2) is 0 Å². The van der Waals surface area contributed by atoms with Crippen molar-refractivity contribution in [3.8, 4) is 0 Å². The second kappa shape index (κ2) is 7.08. The molecule has 1 saturated carbocycles. The van der Waals surface area contributed by atoms with Gasteiger partial charge in [0.25, 0.3) is 0 Å². The molecule has 0 bridgehead atoms. The third-order valence-corrected chi connectivity index (χ3v) is 26.6. The molecule has 0 aromatic heterocycles. The summed E-state index contributed by atoms with van der Waals surface area (Å²) in [7, 11) is 1.41. The summed E-state index contributed by atoms with van der Waals surface area (Å²) in [5.41, 5.74) is 4.98. The third-order valence-electron chi connectivity index (χ3n) is 26.6. The molecule has 0 amide bonds. The molecule has 0 unspecified atom stereocenters. The van der Waals surface area contributed by atoms with E-state index in [-0.39, 0.29) is 18.5 Å². The fourth-order valence-electron chi connectivity index (χ4n) is 26.1. The number of rotatable bonds is 5. The van der Waals surface area contributed by atoms with Gasteiger partial charge < -0.3 is 9.47 Å². The highest BCUT2D eigenvalue weighted by atomic mass is 16.5. The highest BCUT2D eigenvalue weighted by Gasteiger charge is 2.73. The van der Waals surface area contributed by atoms with Crippen LogP contribution >= 0.6 is 0 Å². The zero-order valence-corrected chi connectivity index (χ0v) is 40.0. The SMILES string of the molecule is COC(=O)/C=C/C(C)(C)COC(=O)C1CC23c4c5c6c7c8c9c(c%10c%11c2c2c4c4c%12c5c5c6c6c8c8c%13c9c9c%10c%10c%11c%11c2c2c4c4c%12c%12c5c5c6c8c6c8c%13c9c9c%10c%10c%11c2c2c4c4c%12c5c6c5c8c9c%10c2c45)C73C1. The molecule has 28 aromatic carbocycles. The molecule has 0 N–H and O–H groups in total. The van der Waals surface area contributed by atoms with E-state index in [2.05, 4.69) is 13.8 Å². The number of hydrogen-bond donors (Lipinski definition) is 0. The number of hydrogen-bond acceptors (Lipinski definition) is 4. The number of benzene rings is 18. The summed E-state index contributed by atoms with van der Waals surface area (Å²) in [6.07, 6.45) is 4.84. The van der Waals surface area contributed by atoms with Crippen molar-refractivity contribution in [2.45, 2.75) is 37.5 Å². The number of ether oxygens (including phenoxy) is 2. The van der Waals surface area contributed by atoms with Gasteiger partial charge in [-0.3, -0.25) is 4.79 Å². The zero-order chi connectivity index (χ0) is 46.7. The van der Waals surface area contributed by atoms with Crippen molar-refractivity contribution in [3.63, 3.8) is 0 Å². The molecule has 76 heavy (non-hydrogen) atoms. The average molecular weight is 947 g/mol. The fraction of sp³-hybridized carbons (Fsp3) is 0.139. The van der Waals surface area contributed by atoms with Gasteiger partial charge >= 0.3 is 11.9 Å². The minimum Gasteiger partial charge on any atom is -0.466 e. The molecule has 0 radical (unpaired) electrons. The Kier molecular flexibility index (Phi) is 2.84. The van der Waals surface area contributed by atoms with Crippen molar-refractivity contribution in [1.82, 2.24) is 0 Å². The molecular formula is C72H18O4. The Balaban J connectivity index is 0.993. The number of methoxy groups -OCH3 is 1. The Labute approximate surface area is 416 Å². The van der Waals surface area contributed by atoms with E-state index in [9.17, 15) is 4.79 Å². The van der Waals surface area contributed by atoms with Crippen LogP contribution in [0.2, 0.25) is 0 Å². The first-order chi connectivity index (χ1) is 37.4.